The van der Waals surface area contributed by atoms with Gasteiger partial charge in [0.1, 0.15) is 0 Å². The van der Waals surface area contributed by atoms with Gasteiger partial charge in [0.15, 0.2) is 5.82 Å². The summed E-state index contributed by atoms with van der Waals surface area (Å²) in [4.78, 5) is 2.29. The SMILES string of the molecule is Cc1ccc(N2CCC[C@H](NCc3nnc(C4CC4)o3)C2)nn1. The van der Waals surface area contributed by atoms with Gasteiger partial charge in [0, 0.05) is 25.0 Å². The molecule has 4 rings (SSSR count). The fourth-order valence-electron chi connectivity index (χ4n) is 2.98. The van der Waals surface area contributed by atoms with Crippen LogP contribution < -0.4 is 10.2 Å². The average molecular weight is 314 g/mol. The molecule has 1 saturated carbocycles. The van der Waals surface area contributed by atoms with Gasteiger partial charge < -0.3 is 14.6 Å². The average Bonchev–Trinajstić information content (AvgIpc) is 3.33. The quantitative estimate of drug-likeness (QED) is 0.901. The maximum atomic E-state index is 5.70. The summed E-state index contributed by atoms with van der Waals surface area (Å²) >= 11 is 0. The van der Waals surface area contributed by atoms with E-state index in [4.69, 9.17) is 4.42 Å². The van der Waals surface area contributed by atoms with Crippen LogP contribution >= 0.6 is 0 Å². The van der Waals surface area contributed by atoms with E-state index in [9.17, 15) is 0 Å². The lowest BCUT2D eigenvalue weighted by molar-refractivity contribution is 0.378. The minimum absolute atomic E-state index is 0.406. The van der Waals surface area contributed by atoms with E-state index in [1.807, 2.05) is 19.1 Å². The van der Waals surface area contributed by atoms with E-state index in [2.05, 4.69) is 30.6 Å². The molecule has 7 heteroatoms. The van der Waals surface area contributed by atoms with Crippen molar-refractivity contribution in [3.8, 4) is 0 Å². The highest BCUT2D eigenvalue weighted by Gasteiger charge is 2.29. The fourth-order valence-corrected chi connectivity index (χ4v) is 2.98. The molecule has 2 aromatic heterocycles. The molecule has 1 saturated heterocycles. The third-order valence-electron chi connectivity index (χ3n) is 4.48. The van der Waals surface area contributed by atoms with Gasteiger partial charge in [-0.05, 0) is 44.7 Å². The molecule has 1 aliphatic heterocycles. The molecule has 0 aromatic carbocycles. The molecule has 0 unspecified atom stereocenters. The molecule has 7 nitrogen and oxygen atoms in total. The van der Waals surface area contributed by atoms with Gasteiger partial charge in [-0.2, -0.15) is 5.10 Å². The summed E-state index contributed by atoms with van der Waals surface area (Å²) in [5, 5.41) is 20.2. The summed E-state index contributed by atoms with van der Waals surface area (Å²) in [6.07, 6.45) is 4.66. The Balaban J connectivity index is 1.32. The number of rotatable bonds is 5. The Labute approximate surface area is 135 Å². The van der Waals surface area contributed by atoms with Gasteiger partial charge in [0.05, 0.1) is 12.2 Å². The molecule has 3 heterocycles. The Kier molecular flexibility index (Phi) is 3.95. The second-order valence-corrected chi connectivity index (χ2v) is 6.51. The molecule has 0 amide bonds. The van der Waals surface area contributed by atoms with Crippen molar-refractivity contribution in [3.63, 3.8) is 0 Å². The molecule has 1 aliphatic carbocycles. The summed E-state index contributed by atoms with van der Waals surface area (Å²) < 4.78 is 5.70. The van der Waals surface area contributed by atoms with Crippen LogP contribution in [0.3, 0.4) is 0 Å². The first-order valence-corrected chi connectivity index (χ1v) is 8.39. The van der Waals surface area contributed by atoms with Crippen molar-refractivity contribution in [2.45, 2.75) is 51.1 Å². The maximum absolute atomic E-state index is 5.70. The van der Waals surface area contributed by atoms with Crippen LogP contribution in [0.2, 0.25) is 0 Å². The Morgan fingerprint density at radius 1 is 1.17 bits per heavy atom. The molecule has 1 N–H and O–H groups in total. The molecule has 2 aliphatic rings. The van der Waals surface area contributed by atoms with E-state index >= 15 is 0 Å². The lowest BCUT2D eigenvalue weighted by Gasteiger charge is -2.33. The molecule has 0 radical (unpaired) electrons. The van der Waals surface area contributed by atoms with Gasteiger partial charge >= 0.3 is 0 Å². The van der Waals surface area contributed by atoms with Crippen LogP contribution in [-0.4, -0.2) is 39.5 Å². The normalized spacial score (nSPS) is 21.6. The van der Waals surface area contributed by atoms with Gasteiger partial charge in [0.2, 0.25) is 11.8 Å². The van der Waals surface area contributed by atoms with Crippen molar-refractivity contribution in [1.29, 1.82) is 0 Å². The van der Waals surface area contributed by atoms with Gasteiger partial charge in [-0.1, -0.05) is 0 Å². The third-order valence-corrected chi connectivity index (χ3v) is 4.48. The second kappa shape index (κ2) is 6.23. The predicted octanol–water partition coefficient (Wildman–Crippen LogP) is 1.80. The van der Waals surface area contributed by atoms with Gasteiger partial charge in [-0.25, -0.2) is 0 Å². The predicted molar refractivity (Wildman–Crippen MR) is 85.1 cm³/mol. The number of nitrogens with zero attached hydrogens (tertiary/aromatic N) is 5. The number of nitrogens with one attached hydrogen (secondary N) is 1. The van der Waals surface area contributed by atoms with Crippen LogP contribution in [0.1, 0.15) is 49.1 Å². The monoisotopic (exact) mass is 314 g/mol. The van der Waals surface area contributed by atoms with Crippen molar-refractivity contribution >= 4 is 5.82 Å². The number of aromatic nitrogens is 4. The van der Waals surface area contributed by atoms with Crippen molar-refractivity contribution in [3.05, 3.63) is 29.6 Å². The molecule has 2 aromatic rings. The highest BCUT2D eigenvalue weighted by Crippen LogP contribution is 2.38. The second-order valence-electron chi connectivity index (χ2n) is 6.51. The van der Waals surface area contributed by atoms with Gasteiger partial charge in [-0.15, -0.1) is 15.3 Å². The molecule has 122 valence electrons. The molecule has 0 spiro atoms. The van der Waals surface area contributed by atoms with Crippen molar-refractivity contribution in [1.82, 2.24) is 25.7 Å². The zero-order valence-corrected chi connectivity index (χ0v) is 13.4. The van der Waals surface area contributed by atoms with E-state index in [1.54, 1.807) is 0 Å². The zero-order chi connectivity index (χ0) is 15.6. The highest BCUT2D eigenvalue weighted by molar-refractivity contribution is 5.38. The number of anilines is 1. The topological polar surface area (TPSA) is 80.0 Å². The minimum Gasteiger partial charge on any atom is -0.424 e. The number of piperidine rings is 1. The largest absolute Gasteiger partial charge is 0.424 e. The van der Waals surface area contributed by atoms with Crippen LogP contribution in [-0.2, 0) is 6.54 Å². The Morgan fingerprint density at radius 2 is 2.09 bits per heavy atom. The maximum Gasteiger partial charge on any atom is 0.230 e. The Hall–Kier alpha value is -2.02. The number of aryl methyl sites for hydroxylation is 1. The molecule has 2 fully saturated rings. The van der Waals surface area contributed by atoms with Crippen molar-refractivity contribution in [2.24, 2.45) is 0 Å². The van der Waals surface area contributed by atoms with E-state index < -0.39 is 0 Å². The van der Waals surface area contributed by atoms with E-state index in [0.29, 0.717) is 24.4 Å². The smallest absolute Gasteiger partial charge is 0.230 e. The summed E-state index contributed by atoms with van der Waals surface area (Å²) in [5.41, 5.74) is 0.947. The lowest BCUT2D eigenvalue weighted by Crippen LogP contribution is -2.45. The number of hydrogen-bond donors (Lipinski definition) is 1. The minimum atomic E-state index is 0.406. The summed E-state index contributed by atoms with van der Waals surface area (Å²) in [6, 6.07) is 4.46. The van der Waals surface area contributed by atoms with Crippen molar-refractivity contribution in [2.75, 3.05) is 18.0 Å². The fraction of sp³-hybridized carbons (Fsp3) is 0.625. The van der Waals surface area contributed by atoms with Crippen LogP contribution in [0, 0.1) is 6.92 Å². The molecular formula is C16H22N6O. The lowest BCUT2D eigenvalue weighted by atomic mass is 10.1. The van der Waals surface area contributed by atoms with E-state index in [1.165, 1.54) is 12.8 Å². The summed E-state index contributed by atoms with van der Waals surface area (Å²) in [7, 11) is 0. The third kappa shape index (κ3) is 3.50. The number of hydrogen-bond acceptors (Lipinski definition) is 7. The van der Waals surface area contributed by atoms with Crippen LogP contribution in [0.5, 0.6) is 0 Å². The van der Waals surface area contributed by atoms with Crippen LogP contribution in [0.4, 0.5) is 5.82 Å². The summed E-state index contributed by atoms with van der Waals surface area (Å²) in [6.45, 7) is 4.55. The Bertz CT molecular complexity index is 651. The summed E-state index contributed by atoms with van der Waals surface area (Å²) in [5.74, 6) is 2.97. The molecular weight excluding hydrogens is 292 g/mol. The van der Waals surface area contributed by atoms with Gasteiger partial charge in [-0.3, -0.25) is 0 Å². The first kappa shape index (κ1) is 14.6. The zero-order valence-electron chi connectivity index (χ0n) is 13.4. The van der Waals surface area contributed by atoms with Crippen LogP contribution in [0.15, 0.2) is 16.5 Å². The molecule has 0 bridgehead atoms. The Morgan fingerprint density at radius 3 is 2.87 bits per heavy atom. The first-order chi connectivity index (χ1) is 11.3. The van der Waals surface area contributed by atoms with E-state index in [-0.39, 0.29) is 0 Å². The van der Waals surface area contributed by atoms with E-state index in [0.717, 1.165) is 43.3 Å². The van der Waals surface area contributed by atoms with Crippen molar-refractivity contribution < 1.29 is 4.42 Å². The first-order valence-electron chi connectivity index (χ1n) is 8.39. The van der Waals surface area contributed by atoms with Crippen LogP contribution in [0.25, 0.3) is 0 Å². The standard InChI is InChI=1S/C16H22N6O/c1-11-4-7-14(19-18-11)22-8-2-3-13(10-22)17-9-15-20-21-16(23-15)12-5-6-12/h4,7,12-13,17H,2-3,5-6,8-10H2,1H3/t13-/m0/s1. The van der Waals surface area contributed by atoms with Gasteiger partial charge in [0.25, 0.3) is 0 Å². The molecule has 23 heavy (non-hydrogen) atoms. The highest BCUT2D eigenvalue weighted by atomic mass is 16.4. The molecule has 1 atom stereocenters.